The normalized spacial score (nSPS) is 10.4. The van der Waals surface area contributed by atoms with Gasteiger partial charge in [0, 0.05) is 0 Å². The highest BCUT2D eigenvalue weighted by Crippen LogP contribution is 2.18. The van der Waals surface area contributed by atoms with E-state index in [1.54, 1.807) is 0 Å². The number of nitrogens with zero attached hydrogens (tertiary/aromatic N) is 1. The van der Waals surface area contributed by atoms with Gasteiger partial charge in [-0.05, 0) is 23.3 Å². The first-order valence-electron chi connectivity index (χ1n) is 5.63. The van der Waals surface area contributed by atoms with Gasteiger partial charge in [-0.2, -0.15) is 0 Å². The van der Waals surface area contributed by atoms with Gasteiger partial charge >= 0.3 is 0 Å². The highest BCUT2D eigenvalue weighted by molar-refractivity contribution is 5.63. The molecule has 0 saturated carbocycles. The van der Waals surface area contributed by atoms with E-state index in [9.17, 15) is 0 Å². The zero-order valence-corrected chi connectivity index (χ0v) is 9.38. The Bertz CT molecular complexity index is 581. The molecule has 0 radical (unpaired) electrons. The largest absolute Gasteiger partial charge is 0.250 e. The number of benzene rings is 2. The molecule has 0 atom stereocenters. The SMILES string of the molecule is c1ccc(-c2ccc(-[n+]3cc[nH]c3)cc2)cc1. The van der Waals surface area contributed by atoms with Gasteiger partial charge in [-0.3, -0.25) is 0 Å². The van der Waals surface area contributed by atoms with Gasteiger partial charge < -0.3 is 0 Å². The van der Waals surface area contributed by atoms with Crippen LogP contribution in [-0.4, -0.2) is 4.98 Å². The minimum Gasteiger partial charge on any atom is -0.250 e. The van der Waals surface area contributed by atoms with Crippen LogP contribution in [0.1, 0.15) is 0 Å². The van der Waals surface area contributed by atoms with Crippen LogP contribution in [0.3, 0.4) is 0 Å². The summed E-state index contributed by atoms with van der Waals surface area (Å²) in [5.74, 6) is 0. The molecule has 0 unspecified atom stereocenters. The first kappa shape index (κ1) is 9.85. The highest BCUT2D eigenvalue weighted by atomic mass is 15.0. The summed E-state index contributed by atoms with van der Waals surface area (Å²) in [5.41, 5.74) is 3.65. The van der Waals surface area contributed by atoms with Crippen molar-refractivity contribution in [2.75, 3.05) is 0 Å². The number of hydrogen-bond acceptors (Lipinski definition) is 0. The number of rotatable bonds is 2. The molecule has 0 bridgehead atoms. The number of aromatic amines is 1. The maximum absolute atomic E-state index is 3.04. The van der Waals surface area contributed by atoms with Crippen molar-refractivity contribution in [1.29, 1.82) is 0 Å². The average molecular weight is 221 g/mol. The van der Waals surface area contributed by atoms with E-state index in [0.29, 0.717) is 0 Å². The van der Waals surface area contributed by atoms with Crippen LogP contribution >= 0.6 is 0 Å². The van der Waals surface area contributed by atoms with Gasteiger partial charge in [0.25, 0.3) is 0 Å². The smallest absolute Gasteiger partial charge is 0.246 e. The number of H-pyrrole nitrogens is 1. The Balaban J connectivity index is 1.96. The van der Waals surface area contributed by atoms with E-state index >= 15 is 0 Å². The fraction of sp³-hybridized carbons (Fsp3) is 0. The molecular weight excluding hydrogens is 208 g/mol. The summed E-state index contributed by atoms with van der Waals surface area (Å²) in [7, 11) is 0. The molecule has 3 aromatic rings. The van der Waals surface area contributed by atoms with Crippen LogP contribution < -0.4 is 4.57 Å². The molecule has 0 fully saturated rings. The third-order valence-corrected chi connectivity index (χ3v) is 2.82. The molecule has 0 aliphatic rings. The molecule has 1 aromatic heterocycles. The second-order valence-corrected chi connectivity index (χ2v) is 3.93. The molecule has 2 nitrogen and oxygen atoms in total. The van der Waals surface area contributed by atoms with Gasteiger partial charge in [-0.1, -0.05) is 42.5 Å². The zero-order chi connectivity index (χ0) is 11.5. The van der Waals surface area contributed by atoms with Gasteiger partial charge in [0.2, 0.25) is 6.33 Å². The number of nitrogens with one attached hydrogen (secondary N) is 1. The van der Waals surface area contributed by atoms with Crippen molar-refractivity contribution in [2.45, 2.75) is 0 Å². The monoisotopic (exact) mass is 221 g/mol. The molecule has 0 amide bonds. The van der Waals surface area contributed by atoms with Gasteiger partial charge in [0.05, 0.1) is 0 Å². The molecule has 1 N–H and O–H groups in total. The molecule has 3 rings (SSSR count). The first-order chi connectivity index (χ1) is 8.43. The summed E-state index contributed by atoms with van der Waals surface area (Å²) in [6.07, 6.45) is 5.83. The lowest BCUT2D eigenvalue weighted by atomic mass is 10.1. The Kier molecular flexibility index (Phi) is 2.47. The summed E-state index contributed by atoms with van der Waals surface area (Å²) in [6.45, 7) is 0. The third-order valence-electron chi connectivity index (χ3n) is 2.82. The van der Waals surface area contributed by atoms with E-state index in [0.717, 1.165) is 5.69 Å². The second kappa shape index (κ2) is 4.26. The summed E-state index contributed by atoms with van der Waals surface area (Å²) in [5, 5.41) is 0. The molecule has 0 saturated heterocycles. The fourth-order valence-electron chi connectivity index (χ4n) is 1.91. The van der Waals surface area contributed by atoms with Crippen LogP contribution in [0.4, 0.5) is 0 Å². The summed E-state index contributed by atoms with van der Waals surface area (Å²) in [6, 6.07) is 18.9. The quantitative estimate of drug-likeness (QED) is 0.642. The van der Waals surface area contributed by atoms with Crippen molar-refractivity contribution in [1.82, 2.24) is 4.98 Å². The predicted octanol–water partition coefficient (Wildman–Crippen LogP) is 2.96. The maximum Gasteiger partial charge on any atom is 0.246 e. The van der Waals surface area contributed by atoms with Crippen molar-refractivity contribution in [2.24, 2.45) is 0 Å². The van der Waals surface area contributed by atoms with Crippen LogP contribution in [0.5, 0.6) is 0 Å². The van der Waals surface area contributed by atoms with Crippen LogP contribution in [0.2, 0.25) is 0 Å². The Morgan fingerprint density at radius 3 is 2.12 bits per heavy atom. The van der Waals surface area contributed by atoms with Crippen molar-refractivity contribution in [3.63, 3.8) is 0 Å². The predicted molar refractivity (Wildman–Crippen MR) is 67.8 cm³/mol. The molecule has 0 aliphatic heterocycles. The van der Waals surface area contributed by atoms with E-state index in [-0.39, 0.29) is 0 Å². The van der Waals surface area contributed by atoms with E-state index < -0.39 is 0 Å². The second-order valence-electron chi connectivity index (χ2n) is 3.93. The van der Waals surface area contributed by atoms with Crippen molar-refractivity contribution in [3.05, 3.63) is 73.3 Å². The van der Waals surface area contributed by atoms with E-state index in [4.69, 9.17) is 0 Å². The standard InChI is InChI=1S/C15H12N2/c1-2-4-13(5-3-1)14-6-8-15(9-7-14)17-11-10-16-12-17/h1-12H/p+1. The van der Waals surface area contributed by atoms with Gasteiger partial charge in [-0.15, -0.1) is 0 Å². The van der Waals surface area contributed by atoms with E-state index in [2.05, 4.69) is 58.1 Å². The zero-order valence-electron chi connectivity index (χ0n) is 9.38. The topological polar surface area (TPSA) is 19.7 Å². The van der Waals surface area contributed by atoms with Gasteiger partial charge in [0.15, 0.2) is 0 Å². The van der Waals surface area contributed by atoms with Crippen molar-refractivity contribution in [3.8, 4) is 16.8 Å². The number of hydrogen-bond donors (Lipinski definition) is 1. The molecule has 1 heterocycles. The molecule has 0 spiro atoms. The molecule has 17 heavy (non-hydrogen) atoms. The molecule has 2 heteroatoms. The minimum absolute atomic E-state index is 1.16. The Morgan fingerprint density at radius 2 is 1.47 bits per heavy atom. The fourth-order valence-corrected chi connectivity index (χ4v) is 1.91. The van der Waals surface area contributed by atoms with Crippen molar-refractivity contribution < 1.29 is 4.57 Å². The minimum atomic E-state index is 1.16. The Morgan fingerprint density at radius 1 is 0.765 bits per heavy atom. The highest BCUT2D eigenvalue weighted by Gasteiger charge is 2.02. The molecular formula is C15H13N2+. The molecule has 82 valence electrons. The first-order valence-corrected chi connectivity index (χ1v) is 5.63. The Labute approximate surface area is 100 Å². The maximum atomic E-state index is 3.04. The molecule has 2 aromatic carbocycles. The average Bonchev–Trinajstić information content (AvgIpc) is 2.94. The molecule has 0 aliphatic carbocycles. The van der Waals surface area contributed by atoms with Gasteiger partial charge in [0.1, 0.15) is 18.1 Å². The van der Waals surface area contributed by atoms with E-state index in [1.165, 1.54) is 11.1 Å². The lowest BCUT2D eigenvalue weighted by molar-refractivity contribution is -0.594. The van der Waals surface area contributed by atoms with Crippen LogP contribution in [-0.2, 0) is 0 Å². The third kappa shape index (κ3) is 1.97. The summed E-state index contributed by atoms with van der Waals surface area (Å²) >= 11 is 0. The Hall–Kier alpha value is -2.35. The number of imidazole rings is 1. The lowest BCUT2D eigenvalue weighted by Crippen LogP contribution is -2.26. The van der Waals surface area contributed by atoms with Gasteiger partial charge in [-0.25, -0.2) is 9.55 Å². The van der Waals surface area contributed by atoms with Crippen LogP contribution in [0.15, 0.2) is 73.3 Å². The summed E-state index contributed by atoms with van der Waals surface area (Å²) in [4.78, 5) is 3.04. The van der Waals surface area contributed by atoms with E-state index in [1.807, 2.05) is 24.8 Å². The van der Waals surface area contributed by atoms with Crippen LogP contribution in [0.25, 0.3) is 16.8 Å². The lowest BCUT2D eigenvalue weighted by Gasteiger charge is -2.01. The number of aromatic nitrogens is 2. The van der Waals surface area contributed by atoms with Crippen LogP contribution in [0, 0.1) is 0 Å². The summed E-state index contributed by atoms with van der Waals surface area (Å²) < 4.78 is 2.05. The van der Waals surface area contributed by atoms with Crippen molar-refractivity contribution >= 4 is 0 Å².